The Bertz CT molecular complexity index is 1510. The number of nitrogens with one attached hydrogen (secondary N) is 3. The normalized spacial score (nSPS) is 15.9. The second-order valence-electron chi connectivity index (χ2n) is 9.90. The Labute approximate surface area is 222 Å². The molecule has 2 heterocycles. The summed E-state index contributed by atoms with van der Waals surface area (Å²) in [5.74, 6) is -0.422. The summed E-state index contributed by atoms with van der Waals surface area (Å²) in [6, 6.07) is 17.9. The molecule has 2 amide bonds. The van der Waals surface area contributed by atoms with Gasteiger partial charge in [-0.2, -0.15) is 0 Å². The van der Waals surface area contributed by atoms with Crippen LogP contribution < -0.4 is 20.3 Å². The van der Waals surface area contributed by atoms with Gasteiger partial charge >= 0.3 is 0 Å². The second-order valence-corrected chi connectivity index (χ2v) is 11.9. The topological polar surface area (TPSA) is 111 Å². The van der Waals surface area contributed by atoms with E-state index < -0.39 is 10.0 Å². The molecule has 3 N–H and O–H groups in total. The molecule has 3 aromatic carbocycles. The van der Waals surface area contributed by atoms with Crippen molar-refractivity contribution in [2.45, 2.75) is 18.9 Å². The van der Waals surface area contributed by atoms with Crippen molar-refractivity contribution >= 4 is 44.6 Å². The molecule has 0 bridgehead atoms. The molecule has 0 saturated carbocycles. The van der Waals surface area contributed by atoms with E-state index in [0.29, 0.717) is 39.4 Å². The molecule has 1 saturated heterocycles. The number of amides is 2. The highest BCUT2D eigenvalue weighted by Gasteiger charge is 2.24. The molecule has 0 radical (unpaired) electrons. The third-order valence-electron chi connectivity index (χ3n) is 7.17. The third-order valence-corrected chi connectivity index (χ3v) is 8.36. The van der Waals surface area contributed by atoms with E-state index in [0.717, 1.165) is 37.8 Å². The van der Waals surface area contributed by atoms with Crippen LogP contribution >= 0.6 is 0 Å². The van der Waals surface area contributed by atoms with Crippen LogP contribution in [0.1, 0.15) is 33.6 Å². The maximum atomic E-state index is 13.0. The van der Waals surface area contributed by atoms with E-state index in [1.165, 1.54) is 11.4 Å². The lowest BCUT2D eigenvalue weighted by molar-refractivity contribution is 0.0916. The Morgan fingerprint density at radius 3 is 2.42 bits per heavy atom. The fourth-order valence-corrected chi connectivity index (χ4v) is 5.35. The average molecular weight is 534 g/mol. The zero-order valence-electron chi connectivity index (χ0n) is 21.6. The Kier molecular flexibility index (Phi) is 6.85. The summed E-state index contributed by atoms with van der Waals surface area (Å²) in [5.41, 5.74) is 4.66. The van der Waals surface area contributed by atoms with E-state index in [2.05, 4.69) is 27.9 Å². The van der Waals surface area contributed by atoms with Crippen molar-refractivity contribution in [2.24, 2.45) is 0 Å². The summed E-state index contributed by atoms with van der Waals surface area (Å²) in [5, 5.41) is 9.37. The molecule has 5 rings (SSSR count). The summed E-state index contributed by atoms with van der Waals surface area (Å²) in [7, 11) is 0.120. The monoisotopic (exact) mass is 533 g/mol. The molecular formula is C28H31N5O4S. The van der Waals surface area contributed by atoms with Crippen LogP contribution in [0.25, 0.3) is 11.1 Å². The van der Waals surface area contributed by atoms with Crippen LogP contribution in [0.5, 0.6) is 0 Å². The first-order valence-electron chi connectivity index (χ1n) is 12.5. The molecule has 0 aromatic heterocycles. The molecule has 0 atom stereocenters. The molecule has 0 unspecified atom stereocenters. The molecule has 0 aliphatic carbocycles. The smallest absolute Gasteiger partial charge is 0.257 e. The fraction of sp³-hybridized carbons (Fsp3) is 0.286. The highest BCUT2D eigenvalue weighted by atomic mass is 32.2. The van der Waals surface area contributed by atoms with Crippen molar-refractivity contribution in [1.82, 2.24) is 10.2 Å². The molecule has 0 spiro atoms. The molecule has 38 heavy (non-hydrogen) atoms. The quantitative estimate of drug-likeness (QED) is 0.459. The second kappa shape index (κ2) is 10.1. The molecule has 10 heteroatoms. The van der Waals surface area contributed by atoms with E-state index in [-0.39, 0.29) is 17.9 Å². The minimum absolute atomic E-state index is 0.138. The van der Waals surface area contributed by atoms with Crippen molar-refractivity contribution in [3.05, 3.63) is 71.8 Å². The summed E-state index contributed by atoms with van der Waals surface area (Å²) in [4.78, 5) is 28.3. The number of fused-ring (bicyclic) bond motifs is 2. The highest BCUT2D eigenvalue weighted by molar-refractivity contribution is 7.92. The number of rotatable bonds is 5. The van der Waals surface area contributed by atoms with Gasteiger partial charge in [-0.1, -0.05) is 24.3 Å². The van der Waals surface area contributed by atoms with Crippen molar-refractivity contribution in [3.63, 3.8) is 0 Å². The van der Waals surface area contributed by atoms with Gasteiger partial charge in [-0.3, -0.25) is 13.9 Å². The van der Waals surface area contributed by atoms with Gasteiger partial charge in [0.15, 0.2) is 0 Å². The minimum Gasteiger partial charge on any atom is -0.353 e. The zero-order chi connectivity index (χ0) is 27.0. The number of nitrogens with zero attached hydrogens (tertiary/aromatic N) is 2. The van der Waals surface area contributed by atoms with Gasteiger partial charge in [0.2, 0.25) is 10.0 Å². The van der Waals surface area contributed by atoms with Gasteiger partial charge in [0.05, 0.1) is 34.6 Å². The van der Waals surface area contributed by atoms with Crippen LogP contribution in [0, 0.1) is 0 Å². The fourth-order valence-electron chi connectivity index (χ4n) is 4.84. The Morgan fingerprint density at radius 1 is 0.947 bits per heavy atom. The predicted octanol–water partition coefficient (Wildman–Crippen LogP) is 3.88. The van der Waals surface area contributed by atoms with E-state index >= 15 is 0 Å². The van der Waals surface area contributed by atoms with Crippen molar-refractivity contribution < 1.29 is 18.0 Å². The summed E-state index contributed by atoms with van der Waals surface area (Å²) < 4.78 is 25.7. The molecule has 198 valence electrons. The van der Waals surface area contributed by atoms with Gasteiger partial charge in [0.25, 0.3) is 11.8 Å². The van der Waals surface area contributed by atoms with Crippen LogP contribution in [0.4, 0.5) is 22.7 Å². The standard InChI is InChI=1S/C28H31N5O4S/c1-32-14-12-20(13-15-32)29-27(34)19-9-11-23-25(17-19)30-24-16-18(8-10-22(24)28(35)31-23)21-6-4-5-7-26(21)33(2)38(3,36)37/h4-11,16-17,20,30H,12-15H2,1-3H3,(H,29,34)(H,31,35). The number of anilines is 4. The van der Waals surface area contributed by atoms with Crippen molar-refractivity contribution in [3.8, 4) is 11.1 Å². The number of para-hydroxylation sites is 1. The molecule has 1 fully saturated rings. The molecule has 2 aliphatic heterocycles. The summed E-state index contributed by atoms with van der Waals surface area (Å²) >= 11 is 0. The average Bonchev–Trinajstić information content (AvgIpc) is 3.03. The summed E-state index contributed by atoms with van der Waals surface area (Å²) in [6.45, 7) is 1.90. The number of likely N-dealkylation sites (tertiary alicyclic amines) is 1. The first kappa shape index (κ1) is 25.7. The van der Waals surface area contributed by atoms with Gasteiger partial charge < -0.3 is 20.9 Å². The first-order valence-corrected chi connectivity index (χ1v) is 14.3. The number of carbonyl (C=O) groups is 2. The number of piperidine rings is 1. The van der Waals surface area contributed by atoms with Crippen LogP contribution in [0.3, 0.4) is 0 Å². The maximum absolute atomic E-state index is 13.0. The van der Waals surface area contributed by atoms with E-state index in [1.54, 1.807) is 42.5 Å². The molecular weight excluding hydrogens is 502 g/mol. The zero-order valence-corrected chi connectivity index (χ0v) is 22.4. The van der Waals surface area contributed by atoms with Crippen LogP contribution in [0.15, 0.2) is 60.7 Å². The lowest BCUT2D eigenvalue weighted by Gasteiger charge is -2.29. The maximum Gasteiger partial charge on any atom is 0.257 e. The van der Waals surface area contributed by atoms with Crippen molar-refractivity contribution in [1.29, 1.82) is 0 Å². The number of hydrogen-bond acceptors (Lipinski definition) is 6. The lowest BCUT2D eigenvalue weighted by atomic mass is 10.00. The van der Waals surface area contributed by atoms with Crippen molar-refractivity contribution in [2.75, 3.05) is 48.4 Å². The molecule has 9 nitrogen and oxygen atoms in total. The third kappa shape index (κ3) is 5.23. The van der Waals surface area contributed by atoms with Crippen LogP contribution in [-0.4, -0.2) is 64.6 Å². The molecule has 2 aliphatic rings. The summed E-state index contributed by atoms with van der Waals surface area (Å²) in [6.07, 6.45) is 2.98. The highest BCUT2D eigenvalue weighted by Crippen LogP contribution is 2.38. The number of benzene rings is 3. The van der Waals surface area contributed by atoms with Gasteiger partial charge in [-0.15, -0.1) is 0 Å². The predicted molar refractivity (Wildman–Crippen MR) is 151 cm³/mol. The van der Waals surface area contributed by atoms with Gasteiger partial charge in [0.1, 0.15) is 0 Å². The lowest BCUT2D eigenvalue weighted by Crippen LogP contribution is -2.43. The van der Waals surface area contributed by atoms with E-state index in [4.69, 9.17) is 0 Å². The van der Waals surface area contributed by atoms with Gasteiger partial charge in [-0.25, -0.2) is 8.42 Å². The Hall–Kier alpha value is -3.89. The van der Waals surface area contributed by atoms with Crippen LogP contribution in [-0.2, 0) is 10.0 Å². The Balaban J connectivity index is 1.46. The van der Waals surface area contributed by atoms with Gasteiger partial charge in [-0.05, 0) is 74.9 Å². The minimum atomic E-state index is -3.47. The van der Waals surface area contributed by atoms with E-state index in [1.807, 2.05) is 18.2 Å². The number of carbonyl (C=O) groups excluding carboxylic acids is 2. The SMILES string of the molecule is CN1CCC(NC(=O)c2ccc3c(c2)Nc2cc(-c4ccccc4N(C)S(C)(=O)=O)ccc2C(=O)N3)CC1. The van der Waals surface area contributed by atoms with E-state index in [9.17, 15) is 18.0 Å². The number of sulfonamides is 1. The van der Waals surface area contributed by atoms with Gasteiger partial charge in [0, 0.05) is 24.2 Å². The number of hydrogen-bond donors (Lipinski definition) is 3. The van der Waals surface area contributed by atoms with Crippen LogP contribution in [0.2, 0.25) is 0 Å². The Morgan fingerprint density at radius 2 is 1.68 bits per heavy atom. The largest absolute Gasteiger partial charge is 0.353 e. The first-order chi connectivity index (χ1) is 18.1. The molecule has 3 aromatic rings.